The van der Waals surface area contributed by atoms with E-state index in [0.29, 0.717) is 70.9 Å². The molecule has 2 aliphatic carbocycles. The first-order chi connectivity index (χ1) is 17.8. The maximum Gasteiger partial charge on any atom is 0.373 e. The molecule has 5 rings (SSSR count). The Hall–Kier alpha value is -3.81. The van der Waals surface area contributed by atoms with Crippen molar-refractivity contribution in [1.82, 2.24) is 9.97 Å². The molecule has 2 heterocycles. The number of rotatable bonds is 4. The molecule has 0 atom stereocenters. The number of carboxylic acids is 1. The SMILES string of the molecule is COc1ccc(-c2ccnc(C(=O)O)n2)c(C)c1C1C2=C(CC(C)(C)CC2=O)OC2=C1C(=O)CC(C)(C)C2. The van der Waals surface area contributed by atoms with Gasteiger partial charge in [-0.25, -0.2) is 14.8 Å². The van der Waals surface area contributed by atoms with Crippen LogP contribution in [0.5, 0.6) is 5.75 Å². The summed E-state index contributed by atoms with van der Waals surface area (Å²) in [4.78, 5) is 47.1. The van der Waals surface area contributed by atoms with Crippen molar-refractivity contribution in [3.63, 3.8) is 0 Å². The minimum Gasteiger partial charge on any atom is -0.496 e. The Kier molecular flexibility index (Phi) is 6.04. The minimum absolute atomic E-state index is 0.0347. The molecule has 8 heteroatoms. The number of benzene rings is 1. The summed E-state index contributed by atoms with van der Waals surface area (Å²) in [6.45, 7) is 10.1. The van der Waals surface area contributed by atoms with Gasteiger partial charge in [0.2, 0.25) is 5.82 Å². The highest BCUT2D eigenvalue weighted by molar-refractivity contribution is 6.06. The number of hydrogen-bond acceptors (Lipinski definition) is 7. The summed E-state index contributed by atoms with van der Waals surface area (Å²) >= 11 is 0. The zero-order valence-corrected chi connectivity index (χ0v) is 22.6. The molecule has 0 unspecified atom stereocenters. The zero-order chi connectivity index (χ0) is 27.6. The average Bonchev–Trinajstić information content (AvgIpc) is 2.81. The van der Waals surface area contributed by atoms with Crippen LogP contribution in [0.15, 0.2) is 47.1 Å². The van der Waals surface area contributed by atoms with Gasteiger partial charge in [-0.1, -0.05) is 27.7 Å². The van der Waals surface area contributed by atoms with E-state index in [4.69, 9.17) is 9.47 Å². The molecule has 1 N–H and O–H groups in total. The van der Waals surface area contributed by atoms with E-state index in [1.165, 1.54) is 6.20 Å². The Labute approximate surface area is 221 Å². The number of allylic oxidation sites excluding steroid dienone is 4. The summed E-state index contributed by atoms with van der Waals surface area (Å²) in [5, 5.41) is 9.42. The van der Waals surface area contributed by atoms with Gasteiger partial charge >= 0.3 is 5.97 Å². The molecular weight excluding hydrogens is 484 g/mol. The quantitative estimate of drug-likeness (QED) is 0.562. The second-order valence-electron chi connectivity index (χ2n) is 12.0. The van der Waals surface area contributed by atoms with E-state index >= 15 is 0 Å². The predicted octanol–water partition coefficient (Wildman–Crippen LogP) is 5.56. The van der Waals surface area contributed by atoms with Crippen LogP contribution >= 0.6 is 0 Å². The van der Waals surface area contributed by atoms with Gasteiger partial charge in [0.05, 0.1) is 18.7 Å². The molecule has 3 aliphatic rings. The van der Waals surface area contributed by atoms with Crippen LogP contribution in [0.3, 0.4) is 0 Å². The molecule has 0 bridgehead atoms. The number of carbonyl (C=O) groups excluding carboxylic acids is 2. The van der Waals surface area contributed by atoms with Crippen LogP contribution in [0.1, 0.15) is 81.0 Å². The largest absolute Gasteiger partial charge is 0.496 e. The summed E-state index contributed by atoms with van der Waals surface area (Å²) in [5.41, 5.74) is 3.07. The first-order valence-corrected chi connectivity index (χ1v) is 12.8. The molecule has 1 aliphatic heterocycles. The van der Waals surface area contributed by atoms with Gasteiger partial charge in [-0.15, -0.1) is 0 Å². The van der Waals surface area contributed by atoms with Gasteiger partial charge in [0.25, 0.3) is 0 Å². The third-order valence-corrected chi connectivity index (χ3v) is 7.69. The summed E-state index contributed by atoms with van der Waals surface area (Å²) < 4.78 is 12.2. The molecule has 0 spiro atoms. The second kappa shape index (κ2) is 8.89. The number of aromatic carboxylic acids is 1. The van der Waals surface area contributed by atoms with Crippen molar-refractivity contribution in [2.75, 3.05) is 7.11 Å². The molecule has 0 radical (unpaired) electrons. The molecule has 0 fully saturated rings. The summed E-state index contributed by atoms with van der Waals surface area (Å²) in [5.74, 6) is -0.450. The number of Topliss-reactive ketones (excluding diaryl/α,β-unsaturated/α-hetero) is 2. The third kappa shape index (κ3) is 4.31. The standard InChI is InChI=1S/C30H32N2O6/c1-15-16(17-9-10-31-27(32-17)28(35)36)7-8-20(37-6)23(15)26-24-18(33)11-29(2,3)13-21(24)38-22-14-30(4,5)12-19(34)25(22)26/h7-10,26H,11-14H2,1-6H3,(H,35,36). The second-order valence-corrected chi connectivity index (χ2v) is 12.0. The predicted molar refractivity (Wildman–Crippen MR) is 140 cm³/mol. The van der Waals surface area contributed by atoms with Crippen molar-refractivity contribution in [3.8, 4) is 17.0 Å². The van der Waals surface area contributed by atoms with Crippen LogP contribution in [0, 0.1) is 17.8 Å². The first kappa shape index (κ1) is 25.8. The number of ketones is 2. The molecule has 1 aromatic heterocycles. The fraction of sp³-hybridized carbons (Fsp3) is 0.433. The van der Waals surface area contributed by atoms with Crippen LogP contribution < -0.4 is 4.74 Å². The Bertz CT molecular complexity index is 1410. The average molecular weight is 517 g/mol. The highest BCUT2D eigenvalue weighted by Crippen LogP contribution is 2.55. The molecule has 38 heavy (non-hydrogen) atoms. The van der Waals surface area contributed by atoms with Gasteiger partial charge in [-0.05, 0) is 41.5 Å². The first-order valence-electron chi connectivity index (χ1n) is 12.8. The Balaban J connectivity index is 1.79. The Morgan fingerprint density at radius 3 is 2.08 bits per heavy atom. The van der Waals surface area contributed by atoms with Gasteiger partial charge in [0, 0.05) is 54.2 Å². The number of nitrogens with zero attached hydrogens (tertiary/aromatic N) is 2. The molecule has 0 saturated heterocycles. The summed E-state index contributed by atoms with van der Waals surface area (Å²) in [6, 6.07) is 5.24. The van der Waals surface area contributed by atoms with Crippen molar-refractivity contribution in [3.05, 3.63) is 64.0 Å². The van der Waals surface area contributed by atoms with E-state index in [9.17, 15) is 19.5 Å². The maximum absolute atomic E-state index is 13.7. The summed E-state index contributed by atoms with van der Waals surface area (Å²) in [7, 11) is 1.56. The lowest BCUT2D eigenvalue weighted by Crippen LogP contribution is -2.38. The normalized spacial score (nSPS) is 20.6. The highest BCUT2D eigenvalue weighted by Gasteiger charge is 2.49. The zero-order valence-electron chi connectivity index (χ0n) is 22.6. The number of carbonyl (C=O) groups is 3. The van der Waals surface area contributed by atoms with Crippen LogP contribution in [0.4, 0.5) is 0 Å². The van der Waals surface area contributed by atoms with Gasteiger partial charge in [-0.2, -0.15) is 0 Å². The van der Waals surface area contributed by atoms with E-state index in [1.54, 1.807) is 19.2 Å². The topological polar surface area (TPSA) is 116 Å². The van der Waals surface area contributed by atoms with Crippen LogP contribution in [-0.4, -0.2) is 39.7 Å². The molecule has 2 aromatic rings. The van der Waals surface area contributed by atoms with Crippen molar-refractivity contribution < 1.29 is 29.0 Å². The van der Waals surface area contributed by atoms with Gasteiger partial charge in [0.1, 0.15) is 17.3 Å². The number of carboxylic acid groups (broad SMARTS) is 1. The maximum atomic E-state index is 13.7. The van der Waals surface area contributed by atoms with Crippen molar-refractivity contribution >= 4 is 17.5 Å². The Morgan fingerprint density at radius 2 is 1.55 bits per heavy atom. The summed E-state index contributed by atoms with van der Waals surface area (Å²) in [6.07, 6.45) is 3.28. The van der Waals surface area contributed by atoms with Crippen LogP contribution in [0.25, 0.3) is 11.3 Å². The number of hydrogen-bond donors (Lipinski definition) is 1. The third-order valence-electron chi connectivity index (χ3n) is 7.69. The van der Waals surface area contributed by atoms with Crippen molar-refractivity contribution in [2.24, 2.45) is 10.8 Å². The van der Waals surface area contributed by atoms with E-state index in [-0.39, 0.29) is 28.2 Å². The van der Waals surface area contributed by atoms with Gasteiger partial charge in [0.15, 0.2) is 11.6 Å². The lowest BCUT2D eigenvalue weighted by Gasteiger charge is -2.43. The fourth-order valence-corrected chi connectivity index (χ4v) is 6.09. The molecular formula is C30H32N2O6. The van der Waals surface area contributed by atoms with Crippen LogP contribution in [-0.2, 0) is 14.3 Å². The van der Waals surface area contributed by atoms with Gasteiger partial charge in [-0.3, -0.25) is 9.59 Å². The van der Waals surface area contributed by atoms with Crippen molar-refractivity contribution in [2.45, 2.75) is 66.2 Å². The Morgan fingerprint density at radius 1 is 0.974 bits per heavy atom. The lowest BCUT2D eigenvalue weighted by atomic mass is 9.65. The smallest absolute Gasteiger partial charge is 0.373 e. The van der Waals surface area contributed by atoms with Crippen molar-refractivity contribution in [1.29, 1.82) is 0 Å². The van der Waals surface area contributed by atoms with E-state index in [0.717, 1.165) is 5.56 Å². The number of aromatic nitrogens is 2. The molecule has 0 amide bonds. The highest BCUT2D eigenvalue weighted by atomic mass is 16.5. The van der Waals surface area contributed by atoms with E-state index < -0.39 is 11.9 Å². The fourth-order valence-electron chi connectivity index (χ4n) is 6.09. The van der Waals surface area contributed by atoms with E-state index in [2.05, 4.69) is 37.7 Å². The van der Waals surface area contributed by atoms with E-state index in [1.807, 2.05) is 13.0 Å². The van der Waals surface area contributed by atoms with Gasteiger partial charge < -0.3 is 14.6 Å². The van der Waals surface area contributed by atoms with Crippen LogP contribution in [0.2, 0.25) is 0 Å². The molecule has 198 valence electrons. The minimum atomic E-state index is -1.22. The molecule has 8 nitrogen and oxygen atoms in total. The molecule has 0 saturated carbocycles. The number of ether oxygens (including phenoxy) is 2. The lowest BCUT2D eigenvalue weighted by molar-refractivity contribution is -0.120. The molecule has 1 aromatic carbocycles. The monoisotopic (exact) mass is 516 g/mol. The number of methoxy groups -OCH3 is 1.